The molecule has 2 rings (SSSR count). The Labute approximate surface area is 115 Å². The highest BCUT2D eigenvalue weighted by molar-refractivity contribution is 5.70. The third-order valence-corrected chi connectivity index (χ3v) is 4.48. The lowest BCUT2D eigenvalue weighted by molar-refractivity contribution is -0.136. The molecular formula is C16H23NO2. The van der Waals surface area contributed by atoms with Crippen LogP contribution in [0.2, 0.25) is 0 Å². The van der Waals surface area contributed by atoms with Crippen LogP contribution in [0.3, 0.4) is 0 Å². The lowest BCUT2D eigenvalue weighted by Crippen LogP contribution is -2.32. The van der Waals surface area contributed by atoms with Crippen LogP contribution in [0.25, 0.3) is 0 Å². The summed E-state index contributed by atoms with van der Waals surface area (Å²) in [5.41, 5.74) is 2.03. The average Bonchev–Trinajstić information content (AvgIpc) is 2.68. The molecule has 3 atom stereocenters. The van der Waals surface area contributed by atoms with Gasteiger partial charge in [-0.05, 0) is 35.8 Å². The van der Waals surface area contributed by atoms with E-state index in [1.54, 1.807) is 0 Å². The number of carbonyl (C=O) groups is 1. The number of nitrogens with one attached hydrogen (secondary N) is 1. The monoisotopic (exact) mass is 261 g/mol. The molecule has 3 nitrogen and oxygen atoms in total. The van der Waals surface area contributed by atoms with E-state index >= 15 is 0 Å². The minimum atomic E-state index is -0.768. The molecule has 1 saturated carbocycles. The van der Waals surface area contributed by atoms with Crippen LogP contribution in [-0.2, 0) is 17.8 Å². The van der Waals surface area contributed by atoms with Crippen LogP contribution < -0.4 is 5.32 Å². The number of carboxylic acids is 1. The minimum absolute atomic E-state index is 0.106. The summed E-state index contributed by atoms with van der Waals surface area (Å²) >= 11 is 0. The Balaban J connectivity index is 1.97. The Bertz CT molecular complexity index is 444. The molecule has 1 aromatic rings. The van der Waals surface area contributed by atoms with Crippen LogP contribution in [0.4, 0.5) is 0 Å². The van der Waals surface area contributed by atoms with E-state index in [9.17, 15) is 4.79 Å². The van der Waals surface area contributed by atoms with Gasteiger partial charge in [0.1, 0.15) is 0 Å². The number of hydrogen-bond acceptors (Lipinski definition) is 2. The zero-order valence-corrected chi connectivity index (χ0v) is 11.7. The van der Waals surface area contributed by atoms with Gasteiger partial charge < -0.3 is 10.4 Å². The van der Waals surface area contributed by atoms with Gasteiger partial charge in [-0.15, -0.1) is 0 Å². The molecule has 2 N–H and O–H groups in total. The zero-order valence-electron chi connectivity index (χ0n) is 11.7. The molecule has 0 aliphatic heterocycles. The molecular weight excluding hydrogens is 238 g/mol. The maximum absolute atomic E-state index is 10.9. The van der Waals surface area contributed by atoms with Gasteiger partial charge in [-0.2, -0.15) is 0 Å². The molecule has 19 heavy (non-hydrogen) atoms. The van der Waals surface area contributed by atoms with Gasteiger partial charge in [-0.3, -0.25) is 4.79 Å². The largest absolute Gasteiger partial charge is 0.481 e. The van der Waals surface area contributed by atoms with Crippen molar-refractivity contribution < 1.29 is 9.90 Å². The number of benzene rings is 1. The number of rotatable bonds is 5. The van der Waals surface area contributed by atoms with Crippen molar-refractivity contribution in [3.63, 3.8) is 0 Å². The van der Waals surface area contributed by atoms with Gasteiger partial charge in [0.2, 0.25) is 0 Å². The SMILES string of the molecule is CC1CCC(NCc2ccccc2CC(=O)O)C1C. The second-order valence-electron chi connectivity index (χ2n) is 5.74. The zero-order chi connectivity index (χ0) is 13.8. The molecule has 1 aliphatic carbocycles. The molecule has 1 aliphatic rings. The van der Waals surface area contributed by atoms with E-state index in [2.05, 4.69) is 19.2 Å². The van der Waals surface area contributed by atoms with Gasteiger partial charge in [0.25, 0.3) is 0 Å². The normalized spacial score (nSPS) is 26.5. The first-order valence-electron chi connectivity index (χ1n) is 7.10. The molecule has 0 spiro atoms. The summed E-state index contributed by atoms with van der Waals surface area (Å²) < 4.78 is 0. The van der Waals surface area contributed by atoms with Crippen LogP contribution in [-0.4, -0.2) is 17.1 Å². The fourth-order valence-corrected chi connectivity index (χ4v) is 2.96. The van der Waals surface area contributed by atoms with Gasteiger partial charge in [0.15, 0.2) is 0 Å². The predicted octanol–water partition coefficient (Wildman–Crippen LogP) is 2.84. The first kappa shape index (κ1) is 14.1. The van der Waals surface area contributed by atoms with Gasteiger partial charge in [0.05, 0.1) is 6.42 Å². The maximum Gasteiger partial charge on any atom is 0.307 e. The molecule has 0 amide bonds. The molecule has 0 bridgehead atoms. The van der Waals surface area contributed by atoms with Gasteiger partial charge in [0, 0.05) is 12.6 Å². The van der Waals surface area contributed by atoms with E-state index in [-0.39, 0.29) is 6.42 Å². The summed E-state index contributed by atoms with van der Waals surface area (Å²) in [7, 11) is 0. The number of hydrogen-bond donors (Lipinski definition) is 2. The Hall–Kier alpha value is -1.35. The third kappa shape index (κ3) is 3.57. The van der Waals surface area contributed by atoms with Crippen LogP contribution in [0.5, 0.6) is 0 Å². The predicted molar refractivity (Wildman–Crippen MR) is 76.0 cm³/mol. The molecule has 104 valence electrons. The van der Waals surface area contributed by atoms with Crippen LogP contribution in [0.1, 0.15) is 37.8 Å². The van der Waals surface area contributed by atoms with E-state index < -0.39 is 5.97 Å². The molecule has 0 aromatic heterocycles. The third-order valence-electron chi connectivity index (χ3n) is 4.48. The number of aliphatic carboxylic acids is 1. The van der Waals surface area contributed by atoms with E-state index in [0.29, 0.717) is 12.0 Å². The Kier molecular flexibility index (Phi) is 4.59. The lowest BCUT2D eigenvalue weighted by Gasteiger charge is -2.20. The average molecular weight is 261 g/mol. The molecule has 0 radical (unpaired) electrons. The molecule has 3 heteroatoms. The molecule has 1 fully saturated rings. The summed E-state index contributed by atoms with van der Waals surface area (Å²) in [6, 6.07) is 8.37. The molecule has 0 saturated heterocycles. The molecule has 0 heterocycles. The quantitative estimate of drug-likeness (QED) is 0.857. The Morgan fingerprint density at radius 3 is 2.53 bits per heavy atom. The van der Waals surface area contributed by atoms with Crippen LogP contribution in [0.15, 0.2) is 24.3 Å². The van der Waals surface area contributed by atoms with Crippen molar-refractivity contribution in [3.8, 4) is 0 Å². The van der Waals surface area contributed by atoms with Gasteiger partial charge >= 0.3 is 5.97 Å². The van der Waals surface area contributed by atoms with Crippen molar-refractivity contribution in [1.82, 2.24) is 5.32 Å². The van der Waals surface area contributed by atoms with E-state index in [1.165, 1.54) is 12.8 Å². The van der Waals surface area contributed by atoms with E-state index in [4.69, 9.17) is 5.11 Å². The highest BCUT2D eigenvalue weighted by Crippen LogP contribution is 2.31. The lowest BCUT2D eigenvalue weighted by atomic mass is 9.97. The molecule has 3 unspecified atom stereocenters. The number of carboxylic acid groups (broad SMARTS) is 1. The van der Waals surface area contributed by atoms with Crippen molar-refractivity contribution in [2.24, 2.45) is 11.8 Å². The van der Waals surface area contributed by atoms with Crippen molar-refractivity contribution in [3.05, 3.63) is 35.4 Å². The van der Waals surface area contributed by atoms with Crippen molar-refractivity contribution in [2.45, 2.75) is 45.7 Å². The summed E-state index contributed by atoms with van der Waals surface area (Å²) in [5.74, 6) is 0.716. The van der Waals surface area contributed by atoms with Crippen LogP contribution in [0, 0.1) is 11.8 Å². The topological polar surface area (TPSA) is 49.3 Å². The van der Waals surface area contributed by atoms with Crippen LogP contribution >= 0.6 is 0 Å². The molecule has 1 aromatic carbocycles. The van der Waals surface area contributed by atoms with Crippen molar-refractivity contribution in [1.29, 1.82) is 0 Å². The fraction of sp³-hybridized carbons (Fsp3) is 0.562. The first-order valence-corrected chi connectivity index (χ1v) is 7.10. The Morgan fingerprint density at radius 1 is 1.26 bits per heavy atom. The van der Waals surface area contributed by atoms with Crippen molar-refractivity contribution in [2.75, 3.05) is 0 Å². The summed E-state index contributed by atoms with van der Waals surface area (Å²) in [4.78, 5) is 10.9. The second kappa shape index (κ2) is 6.20. The van der Waals surface area contributed by atoms with Gasteiger partial charge in [-0.25, -0.2) is 0 Å². The summed E-state index contributed by atoms with van der Waals surface area (Å²) in [6.45, 7) is 5.38. The summed E-state index contributed by atoms with van der Waals surface area (Å²) in [5, 5.41) is 12.5. The fourth-order valence-electron chi connectivity index (χ4n) is 2.96. The highest BCUT2D eigenvalue weighted by Gasteiger charge is 2.29. The highest BCUT2D eigenvalue weighted by atomic mass is 16.4. The van der Waals surface area contributed by atoms with Gasteiger partial charge in [-0.1, -0.05) is 38.1 Å². The summed E-state index contributed by atoms with van der Waals surface area (Å²) in [6.07, 6.45) is 2.62. The maximum atomic E-state index is 10.9. The van der Waals surface area contributed by atoms with E-state index in [0.717, 1.165) is 23.6 Å². The smallest absolute Gasteiger partial charge is 0.307 e. The van der Waals surface area contributed by atoms with E-state index in [1.807, 2.05) is 24.3 Å². The second-order valence-corrected chi connectivity index (χ2v) is 5.74. The standard InChI is InChI=1S/C16H23NO2/c1-11-7-8-15(12(11)2)17-10-14-6-4-3-5-13(14)9-16(18)19/h3-6,11-12,15,17H,7-10H2,1-2H3,(H,18,19). The minimum Gasteiger partial charge on any atom is -0.481 e. The Morgan fingerprint density at radius 2 is 1.95 bits per heavy atom. The van der Waals surface area contributed by atoms with Crippen molar-refractivity contribution >= 4 is 5.97 Å². The first-order chi connectivity index (χ1) is 9.08.